The second-order valence-corrected chi connectivity index (χ2v) is 7.66. The van der Waals surface area contributed by atoms with Crippen molar-refractivity contribution in [3.8, 4) is 34.2 Å². The molecule has 2 aromatic carbocycles. The zero-order valence-electron chi connectivity index (χ0n) is 17.8. The van der Waals surface area contributed by atoms with Gasteiger partial charge in [-0.05, 0) is 47.9 Å². The van der Waals surface area contributed by atoms with Gasteiger partial charge in [0.25, 0.3) is 0 Å². The number of rotatable bonds is 3. The van der Waals surface area contributed by atoms with E-state index < -0.39 is 12.7 Å². The minimum absolute atomic E-state index is 0.464. The lowest BCUT2D eigenvalue weighted by Gasteiger charge is -2.05. The average molecular weight is 454 g/mol. The Morgan fingerprint density at radius 3 is 2.32 bits per heavy atom. The number of hydrogen-bond acceptors (Lipinski definition) is 3. The van der Waals surface area contributed by atoms with Gasteiger partial charge in [0.1, 0.15) is 17.9 Å². The lowest BCUT2D eigenvalue weighted by atomic mass is 10.0. The molecule has 0 aliphatic heterocycles. The van der Waals surface area contributed by atoms with Crippen molar-refractivity contribution in [1.29, 1.82) is 0 Å². The summed E-state index contributed by atoms with van der Waals surface area (Å²) in [6, 6.07) is 22.4. The zero-order valence-corrected chi connectivity index (χ0v) is 17.8. The molecular weight excluding hydrogens is 437 g/mol. The Morgan fingerprint density at radius 2 is 1.56 bits per heavy atom. The summed E-state index contributed by atoms with van der Waals surface area (Å²) in [5, 5.41) is 5.27. The van der Waals surface area contributed by atoms with E-state index in [1.807, 2.05) is 60.7 Å². The second kappa shape index (κ2) is 8.83. The van der Waals surface area contributed by atoms with Crippen molar-refractivity contribution in [2.75, 3.05) is 0 Å². The van der Waals surface area contributed by atoms with Gasteiger partial charge < -0.3 is 0 Å². The van der Waals surface area contributed by atoms with Gasteiger partial charge >= 0.3 is 6.18 Å². The van der Waals surface area contributed by atoms with E-state index in [9.17, 15) is 13.2 Å². The Balaban J connectivity index is 1.45. The average Bonchev–Trinajstić information content (AvgIpc) is 3.25. The summed E-state index contributed by atoms with van der Waals surface area (Å²) in [4.78, 5) is 8.53. The summed E-state index contributed by atoms with van der Waals surface area (Å²) in [6.45, 7) is -1.16. The molecule has 0 atom stereocenters. The van der Waals surface area contributed by atoms with Crippen LogP contribution in [0.2, 0.25) is 0 Å². The molecule has 3 aromatic heterocycles. The van der Waals surface area contributed by atoms with Gasteiger partial charge in [-0.15, -0.1) is 0 Å². The normalized spacial score (nSPS) is 11.3. The molecule has 0 N–H and O–H groups in total. The number of benzene rings is 2. The van der Waals surface area contributed by atoms with Crippen molar-refractivity contribution >= 4 is 10.9 Å². The smallest absolute Gasteiger partial charge is 0.265 e. The van der Waals surface area contributed by atoms with Crippen molar-refractivity contribution in [3.05, 3.63) is 103 Å². The molecule has 5 aromatic rings. The molecule has 0 saturated carbocycles. The molecule has 4 nitrogen and oxygen atoms in total. The fourth-order valence-electron chi connectivity index (χ4n) is 3.63. The van der Waals surface area contributed by atoms with Gasteiger partial charge in [-0.3, -0.25) is 9.67 Å². The zero-order chi connectivity index (χ0) is 23.5. The molecule has 0 aliphatic carbocycles. The van der Waals surface area contributed by atoms with Crippen LogP contribution in [0.4, 0.5) is 13.2 Å². The summed E-state index contributed by atoms with van der Waals surface area (Å²) in [6.07, 6.45) is 0.242. The van der Waals surface area contributed by atoms with Crippen LogP contribution >= 0.6 is 0 Å². The maximum absolute atomic E-state index is 13.0. The first-order valence-corrected chi connectivity index (χ1v) is 10.5. The van der Waals surface area contributed by atoms with Gasteiger partial charge in [-0.1, -0.05) is 42.3 Å². The predicted molar refractivity (Wildman–Crippen MR) is 125 cm³/mol. The van der Waals surface area contributed by atoms with E-state index in [4.69, 9.17) is 0 Å². The first-order chi connectivity index (χ1) is 16.4. The number of nitrogens with zero attached hydrogens (tertiary/aromatic N) is 4. The molecule has 0 saturated heterocycles. The van der Waals surface area contributed by atoms with E-state index in [0.717, 1.165) is 26.7 Å². The van der Waals surface area contributed by atoms with E-state index in [1.165, 1.54) is 6.20 Å². The predicted octanol–water partition coefficient (Wildman–Crippen LogP) is 6.12. The molecule has 0 radical (unpaired) electrons. The first-order valence-electron chi connectivity index (χ1n) is 10.5. The minimum atomic E-state index is -4.37. The number of aromatic nitrogens is 4. The summed E-state index contributed by atoms with van der Waals surface area (Å²) in [7, 11) is 0. The molecule has 0 bridgehead atoms. The molecule has 0 amide bonds. The highest BCUT2D eigenvalue weighted by atomic mass is 19.4. The SMILES string of the molecule is FC(F)(F)Cn1cc(-c2ccncc2)c(-c2ccc(C#Cc3ccc4ccccc4n3)cc2)n1. The van der Waals surface area contributed by atoms with Crippen LogP contribution < -0.4 is 0 Å². The van der Waals surface area contributed by atoms with Gasteiger partial charge in [-0.2, -0.15) is 18.3 Å². The molecule has 0 spiro atoms. The molecular formula is C27H17F3N4. The van der Waals surface area contributed by atoms with Crippen molar-refractivity contribution in [1.82, 2.24) is 19.7 Å². The Hall–Kier alpha value is -4.44. The van der Waals surface area contributed by atoms with Crippen LogP contribution in [0.15, 0.2) is 91.4 Å². The van der Waals surface area contributed by atoms with Crippen molar-refractivity contribution < 1.29 is 13.2 Å². The number of fused-ring (bicyclic) bond motifs is 1. The van der Waals surface area contributed by atoms with Crippen molar-refractivity contribution in [2.24, 2.45) is 0 Å². The monoisotopic (exact) mass is 454 g/mol. The highest BCUT2D eigenvalue weighted by Crippen LogP contribution is 2.32. The lowest BCUT2D eigenvalue weighted by Crippen LogP contribution is -2.17. The molecule has 0 aliphatic rings. The summed E-state index contributed by atoms with van der Waals surface area (Å²) >= 11 is 0. The van der Waals surface area contributed by atoms with Crippen LogP contribution in [0, 0.1) is 11.8 Å². The number of pyridine rings is 2. The van der Waals surface area contributed by atoms with Crippen LogP contribution in [0.1, 0.15) is 11.3 Å². The van der Waals surface area contributed by atoms with E-state index in [1.54, 1.807) is 24.5 Å². The van der Waals surface area contributed by atoms with Crippen molar-refractivity contribution in [2.45, 2.75) is 12.7 Å². The summed E-state index contributed by atoms with van der Waals surface area (Å²) in [5.41, 5.74) is 4.80. The topological polar surface area (TPSA) is 43.6 Å². The highest BCUT2D eigenvalue weighted by molar-refractivity contribution is 5.81. The van der Waals surface area contributed by atoms with Crippen molar-refractivity contribution in [3.63, 3.8) is 0 Å². The third kappa shape index (κ3) is 4.81. The van der Waals surface area contributed by atoms with E-state index in [-0.39, 0.29) is 0 Å². The van der Waals surface area contributed by atoms with Crippen LogP contribution in [0.3, 0.4) is 0 Å². The third-order valence-corrected chi connectivity index (χ3v) is 5.19. The number of alkyl halides is 3. The fourth-order valence-corrected chi connectivity index (χ4v) is 3.63. The summed E-state index contributed by atoms with van der Waals surface area (Å²) in [5.74, 6) is 6.16. The molecule has 7 heteroatoms. The van der Waals surface area contributed by atoms with Crippen LogP contribution in [0.5, 0.6) is 0 Å². The first kappa shape index (κ1) is 21.4. The fraction of sp³-hybridized carbons (Fsp3) is 0.0741. The van der Waals surface area contributed by atoms with Gasteiger partial charge in [0.2, 0.25) is 0 Å². The maximum atomic E-state index is 13.0. The van der Waals surface area contributed by atoms with Crippen LogP contribution in [-0.4, -0.2) is 25.9 Å². The van der Waals surface area contributed by atoms with Crippen LogP contribution in [0.25, 0.3) is 33.3 Å². The Morgan fingerprint density at radius 1 is 0.794 bits per heavy atom. The standard InChI is InChI=1S/C27H17F3N4/c28-27(29,30)18-34-17-24(20-13-15-31-16-14-20)26(33-34)22-8-5-19(6-9-22)7-11-23-12-10-21-3-1-2-4-25(21)32-23/h1-6,8-10,12-17H,18H2. The van der Waals surface area contributed by atoms with Gasteiger partial charge in [-0.25, -0.2) is 4.98 Å². The molecule has 5 rings (SSSR count). The van der Waals surface area contributed by atoms with Gasteiger partial charge in [0.15, 0.2) is 0 Å². The second-order valence-electron chi connectivity index (χ2n) is 7.66. The van der Waals surface area contributed by atoms with E-state index in [2.05, 4.69) is 26.9 Å². The molecule has 3 heterocycles. The quantitative estimate of drug-likeness (QED) is 0.309. The third-order valence-electron chi connectivity index (χ3n) is 5.19. The summed E-state index contributed by atoms with van der Waals surface area (Å²) < 4.78 is 39.8. The van der Waals surface area contributed by atoms with E-state index >= 15 is 0 Å². The molecule has 166 valence electrons. The molecule has 0 unspecified atom stereocenters. The Bertz CT molecular complexity index is 1510. The lowest BCUT2D eigenvalue weighted by molar-refractivity contribution is -0.142. The van der Waals surface area contributed by atoms with E-state index in [0.29, 0.717) is 22.5 Å². The van der Waals surface area contributed by atoms with Gasteiger partial charge in [0, 0.05) is 40.7 Å². The molecule has 0 fully saturated rings. The van der Waals surface area contributed by atoms with Gasteiger partial charge in [0.05, 0.1) is 5.52 Å². The highest BCUT2D eigenvalue weighted by Gasteiger charge is 2.29. The largest absolute Gasteiger partial charge is 0.408 e. The number of hydrogen-bond donors (Lipinski definition) is 0. The molecule has 34 heavy (non-hydrogen) atoms. The minimum Gasteiger partial charge on any atom is -0.265 e. The number of halogens is 3. The maximum Gasteiger partial charge on any atom is 0.408 e. The Labute approximate surface area is 193 Å². The Kier molecular flexibility index (Phi) is 5.56. The number of para-hydroxylation sites is 1. The van der Waals surface area contributed by atoms with Crippen LogP contribution in [-0.2, 0) is 6.54 Å².